The monoisotopic (exact) mass is 251 g/mol. The number of rotatable bonds is 1. The van der Waals surface area contributed by atoms with Crippen molar-refractivity contribution in [1.82, 2.24) is 0 Å². The molecule has 1 heterocycles. The number of hydrogen-bond donors (Lipinski definition) is 1. The fraction of sp³-hybridized carbons (Fsp3) is 0.0909. The van der Waals surface area contributed by atoms with Gasteiger partial charge in [-0.25, -0.2) is 0 Å². The zero-order valence-corrected chi connectivity index (χ0v) is 9.34. The van der Waals surface area contributed by atoms with E-state index in [1.54, 1.807) is 6.26 Å². The summed E-state index contributed by atoms with van der Waals surface area (Å²) in [5.74, 6) is 0.780. The van der Waals surface area contributed by atoms with Crippen molar-refractivity contribution >= 4 is 21.6 Å². The number of aryl methyl sites for hydroxylation is 1. The number of hydrogen-bond acceptors (Lipinski definition) is 2. The Labute approximate surface area is 90.9 Å². The third-order valence-corrected chi connectivity index (χ3v) is 2.69. The number of benzene rings is 1. The Balaban J connectivity index is 2.58. The fourth-order valence-electron chi connectivity index (χ4n) is 1.37. The summed E-state index contributed by atoms with van der Waals surface area (Å²) in [6.45, 7) is 2.01. The van der Waals surface area contributed by atoms with Crippen LogP contribution in [0.4, 0.5) is 5.69 Å². The van der Waals surface area contributed by atoms with Crippen LogP contribution in [0.1, 0.15) is 5.56 Å². The van der Waals surface area contributed by atoms with Gasteiger partial charge in [0.1, 0.15) is 5.76 Å². The van der Waals surface area contributed by atoms with Gasteiger partial charge >= 0.3 is 0 Å². The molecule has 2 rings (SSSR count). The average molecular weight is 252 g/mol. The van der Waals surface area contributed by atoms with E-state index in [4.69, 9.17) is 10.2 Å². The molecule has 14 heavy (non-hydrogen) atoms. The van der Waals surface area contributed by atoms with Crippen LogP contribution < -0.4 is 5.73 Å². The van der Waals surface area contributed by atoms with Crippen LogP contribution in [0, 0.1) is 6.92 Å². The highest BCUT2D eigenvalue weighted by Gasteiger charge is 2.09. The van der Waals surface area contributed by atoms with Crippen LogP contribution in [0.5, 0.6) is 0 Å². The lowest BCUT2D eigenvalue weighted by Gasteiger charge is -2.03. The molecule has 0 aliphatic carbocycles. The second-order valence-electron chi connectivity index (χ2n) is 3.19. The van der Waals surface area contributed by atoms with E-state index in [0.29, 0.717) is 0 Å². The Hall–Kier alpha value is -1.22. The molecule has 0 saturated heterocycles. The summed E-state index contributed by atoms with van der Waals surface area (Å²) in [6, 6.07) is 7.77. The lowest BCUT2D eigenvalue weighted by atomic mass is 10.1. The van der Waals surface area contributed by atoms with Gasteiger partial charge < -0.3 is 10.2 Å². The average Bonchev–Trinajstić information content (AvgIpc) is 2.52. The van der Waals surface area contributed by atoms with Crippen LogP contribution in [-0.4, -0.2) is 0 Å². The molecule has 72 valence electrons. The summed E-state index contributed by atoms with van der Waals surface area (Å²) in [4.78, 5) is 0. The largest absolute Gasteiger partial charge is 0.463 e. The summed E-state index contributed by atoms with van der Waals surface area (Å²) in [5, 5.41) is 0. The SMILES string of the molecule is Cc1ccc(-c2occc2Br)c(N)c1. The molecule has 2 nitrogen and oxygen atoms in total. The molecule has 1 aromatic carbocycles. The number of anilines is 1. The standard InChI is InChI=1S/C11H10BrNO/c1-7-2-3-8(10(13)6-7)11-9(12)4-5-14-11/h2-6H,13H2,1H3. The normalized spacial score (nSPS) is 10.4. The maximum atomic E-state index is 5.90. The smallest absolute Gasteiger partial charge is 0.150 e. The predicted octanol–water partition coefficient (Wildman–Crippen LogP) is 3.60. The van der Waals surface area contributed by atoms with E-state index in [9.17, 15) is 0 Å². The lowest BCUT2D eigenvalue weighted by molar-refractivity contribution is 0.581. The Morgan fingerprint density at radius 1 is 1.29 bits per heavy atom. The zero-order chi connectivity index (χ0) is 10.1. The van der Waals surface area contributed by atoms with Crippen molar-refractivity contribution in [3.05, 3.63) is 40.6 Å². The molecule has 0 saturated carbocycles. The number of furan rings is 1. The van der Waals surface area contributed by atoms with Gasteiger partial charge in [-0.1, -0.05) is 6.07 Å². The number of halogens is 1. The van der Waals surface area contributed by atoms with E-state index in [1.165, 1.54) is 0 Å². The highest BCUT2D eigenvalue weighted by molar-refractivity contribution is 9.10. The van der Waals surface area contributed by atoms with Gasteiger partial charge in [-0.3, -0.25) is 0 Å². The van der Waals surface area contributed by atoms with E-state index < -0.39 is 0 Å². The van der Waals surface area contributed by atoms with Crippen molar-refractivity contribution in [2.75, 3.05) is 5.73 Å². The summed E-state index contributed by atoms with van der Waals surface area (Å²) < 4.78 is 6.27. The topological polar surface area (TPSA) is 39.2 Å². The van der Waals surface area contributed by atoms with Crippen LogP contribution in [0.2, 0.25) is 0 Å². The third-order valence-electron chi connectivity index (χ3n) is 2.07. The van der Waals surface area contributed by atoms with Crippen molar-refractivity contribution < 1.29 is 4.42 Å². The molecule has 0 amide bonds. The summed E-state index contributed by atoms with van der Waals surface area (Å²) >= 11 is 3.41. The van der Waals surface area contributed by atoms with Gasteiger partial charge in [-0.05, 0) is 46.6 Å². The number of nitrogens with two attached hydrogens (primary N) is 1. The molecule has 0 spiro atoms. The third kappa shape index (κ3) is 1.55. The molecule has 0 bridgehead atoms. The van der Waals surface area contributed by atoms with Crippen molar-refractivity contribution in [2.45, 2.75) is 6.92 Å². The van der Waals surface area contributed by atoms with E-state index >= 15 is 0 Å². The maximum Gasteiger partial charge on any atom is 0.150 e. The second-order valence-corrected chi connectivity index (χ2v) is 4.04. The quantitative estimate of drug-likeness (QED) is 0.787. The van der Waals surface area contributed by atoms with Gasteiger partial charge in [-0.15, -0.1) is 0 Å². The van der Waals surface area contributed by atoms with E-state index in [-0.39, 0.29) is 0 Å². The molecule has 2 aromatic rings. The van der Waals surface area contributed by atoms with E-state index in [0.717, 1.165) is 27.0 Å². The first-order valence-corrected chi connectivity index (χ1v) is 5.07. The van der Waals surface area contributed by atoms with Gasteiger partial charge in [0.2, 0.25) is 0 Å². The van der Waals surface area contributed by atoms with Crippen molar-refractivity contribution in [3.8, 4) is 11.3 Å². The van der Waals surface area contributed by atoms with Gasteiger partial charge in [-0.2, -0.15) is 0 Å². The van der Waals surface area contributed by atoms with E-state index in [1.807, 2.05) is 31.2 Å². The Morgan fingerprint density at radius 2 is 2.07 bits per heavy atom. The van der Waals surface area contributed by atoms with Gasteiger partial charge in [0.15, 0.2) is 0 Å². The van der Waals surface area contributed by atoms with Crippen molar-refractivity contribution in [2.24, 2.45) is 0 Å². The van der Waals surface area contributed by atoms with E-state index in [2.05, 4.69) is 15.9 Å². The minimum Gasteiger partial charge on any atom is -0.463 e. The van der Waals surface area contributed by atoms with Crippen LogP contribution in [0.25, 0.3) is 11.3 Å². The Morgan fingerprint density at radius 3 is 2.64 bits per heavy atom. The molecule has 0 aliphatic rings. The minimum atomic E-state index is 0.737. The summed E-state index contributed by atoms with van der Waals surface area (Å²) in [6.07, 6.45) is 1.64. The molecule has 0 fully saturated rings. The van der Waals surface area contributed by atoms with Crippen molar-refractivity contribution in [3.63, 3.8) is 0 Å². The molecule has 3 heteroatoms. The zero-order valence-electron chi connectivity index (χ0n) is 7.75. The second kappa shape index (κ2) is 3.50. The number of nitrogen functional groups attached to an aromatic ring is 1. The molecule has 0 aliphatic heterocycles. The molecular weight excluding hydrogens is 242 g/mol. The van der Waals surface area contributed by atoms with Crippen LogP contribution >= 0.6 is 15.9 Å². The minimum absolute atomic E-state index is 0.737. The van der Waals surface area contributed by atoms with Gasteiger partial charge in [0, 0.05) is 11.3 Å². The maximum absolute atomic E-state index is 5.90. The molecule has 0 radical (unpaired) electrons. The molecule has 0 unspecified atom stereocenters. The first kappa shape index (κ1) is 9.34. The summed E-state index contributed by atoms with van der Waals surface area (Å²) in [5.41, 5.74) is 8.71. The molecule has 0 atom stereocenters. The van der Waals surface area contributed by atoms with Crippen LogP contribution in [0.3, 0.4) is 0 Å². The summed E-state index contributed by atoms with van der Waals surface area (Å²) in [7, 11) is 0. The lowest BCUT2D eigenvalue weighted by Crippen LogP contribution is -1.90. The van der Waals surface area contributed by atoms with Crippen LogP contribution in [0.15, 0.2) is 39.4 Å². The molecule has 1 aromatic heterocycles. The van der Waals surface area contributed by atoms with Crippen molar-refractivity contribution in [1.29, 1.82) is 0 Å². The Kier molecular flexibility index (Phi) is 2.33. The van der Waals surface area contributed by atoms with Crippen LogP contribution in [-0.2, 0) is 0 Å². The molecule has 2 N–H and O–H groups in total. The first-order valence-electron chi connectivity index (χ1n) is 4.28. The highest BCUT2D eigenvalue weighted by atomic mass is 79.9. The highest BCUT2D eigenvalue weighted by Crippen LogP contribution is 2.33. The predicted molar refractivity (Wildman–Crippen MR) is 61.0 cm³/mol. The van der Waals surface area contributed by atoms with Gasteiger partial charge in [0.25, 0.3) is 0 Å². The molecular formula is C11H10BrNO. The Bertz CT molecular complexity index is 462. The van der Waals surface area contributed by atoms with Gasteiger partial charge in [0.05, 0.1) is 10.7 Å². The first-order chi connectivity index (χ1) is 6.68. The fourth-order valence-corrected chi connectivity index (χ4v) is 1.79.